The molecular formula is C23H42N2O5. The third-order valence-electron chi connectivity index (χ3n) is 4.78. The van der Waals surface area contributed by atoms with Gasteiger partial charge in [-0.05, 0) is 44.9 Å². The Morgan fingerprint density at radius 2 is 1.30 bits per heavy atom. The molecular weight excluding hydrogens is 384 g/mol. The van der Waals surface area contributed by atoms with Gasteiger partial charge in [-0.25, -0.2) is 4.79 Å². The molecule has 1 N–H and O–H groups in total. The summed E-state index contributed by atoms with van der Waals surface area (Å²) in [5.41, 5.74) is 0. The highest BCUT2D eigenvalue weighted by Crippen LogP contribution is 2.07. The second-order valence-corrected chi connectivity index (χ2v) is 7.57. The summed E-state index contributed by atoms with van der Waals surface area (Å²) < 4.78 is 15.0. The van der Waals surface area contributed by atoms with Crippen molar-refractivity contribution in [1.29, 1.82) is 5.26 Å². The summed E-state index contributed by atoms with van der Waals surface area (Å²) in [4.78, 5) is 23.2. The number of ether oxygens (including phenoxy) is 3. The predicted octanol–water partition coefficient (Wildman–Crippen LogP) is 5.62. The van der Waals surface area contributed by atoms with E-state index in [1.807, 2.05) is 0 Å². The number of nitriles is 1. The number of carbonyl (C=O) groups excluding carboxylic acids is 2. The number of hydrogen-bond acceptors (Lipinski definition) is 6. The zero-order chi connectivity index (χ0) is 22.1. The quantitative estimate of drug-likeness (QED) is 0.145. The van der Waals surface area contributed by atoms with E-state index in [4.69, 9.17) is 14.7 Å². The Hall–Kier alpha value is -1.97. The molecule has 174 valence electrons. The molecule has 0 aliphatic rings. The fraction of sp³-hybridized carbons (Fsp3) is 0.870. The van der Waals surface area contributed by atoms with Crippen LogP contribution in [-0.2, 0) is 19.0 Å². The van der Waals surface area contributed by atoms with E-state index < -0.39 is 0 Å². The fourth-order valence-corrected chi connectivity index (χ4v) is 2.97. The summed E-state index contributed by atoms with van der Waals surface area (Å²) in [6.45, 7) is 4.25. The molecule has 0 saturated carbocycles. The molecule has 0 atom stereocenters. The lowest BCUT2D eigenvalue weighted by Gasteiger charge is -2.07. The highest BCUT2D eigenvalue weighted by Gasteiger charge is 2.03. The summed E-state index contributed by atoms with van der Waals surface area (Å²) in [7, 11) is 0. The lowest BCUT2D eigenvalue weighted by Crippen LogP contribution is -2.25. The van der Waals surface area contributed by atoms with Crippen molar-refractivity contribution in [3.05, 3.63) is 0 Å². The third-order valence-corrected chi connectivity index (χ3v) is 4.78. The van der Waals surface area contributed by atoms with Crippen molar-refractivity contribution in [2.75, 3.05) is 26.4 Å². The first-order valence-corrected chi connectivity index (χ1v) is 11.8. The van der Waals surface area contributed by atoms with Crippen LogP contribution in [-0.4, -0.2) is 38.4 Å². The summed E-state index contributed by atoms with van der Waals surface area (Å²) in [5.74, 6) is -0.127. The van der Waals surface area contributed by atoms with Crippen LogP contribution in [0.3, 0.4) is 0 Å². The molecule has 1 amide bonds. The standard InChI is InChI=1S/C23H42N2O5/c1-2-3-4-7-12-17-25-23(27)30-20-15-10-9-14-19-29-22(26)16-11-6-5-8-13-18-28-21-24/h2-20H2,1H3,(H,25,27). The highest BCUT2D eigenvalue weighted by atomic mass is 16.5. The van der Waals surface area contributed by atoms with E-state index in [1.54, 1.807) is 6.26 Å². The molecule has 0 aliphatic carbocycles. The summed E-state index contributed by atoms with van der Waals surface area (Å²) in [6, 6.07) is 0. The maximum atomic E-state index is 11.6. The number of unbranched alkanes of at least 4 members (excludes halogenated alkanes) is 11. The minimum atomic E-state index is -0.324. The number of nitrogens with zero attached hydrogens (tertiary/aromatic N) is 1. The number of hydrogen-bond donors (Lipinski definition) is 1. The molecule has 0 bridgehead atoms. The van der Waals surface area contributed by atoms with Gasteiger partial charge in [0.1, 0.15) is 6.61 Å². The molecule has 7 nitrogen and oxygen atoms in total. The van der Waals surface area contributed by atoms with E-state index in [0.717, 1.165) is 70.6 Å². The molecule has 0 heterocycles. The van der Waals surface area contributed by atoms with Gasteiger partial charge in [-0.1, -0.05) is 51.9 Å². The second-order valence-electron chi connectivity index (χ2n) is 7.57. The largest absolute Gasteiger partial charge is 0.466 e. The second kappa shape index (κ2) is 23.3. The zero-order valence-electron chi connectivity index (χ0n) is 18.9. The minimum absolute atomic E-state index is 0.127. The number of alkyl carbamates (subject to hydrolysis) is 1. The van der Waals surface area contributed by atoms with Gasteiger partial charge in [-0.15, -0.1) is 0 Å². The molecule has 0 fully saturated rings. The highest BCUT2D eigenvalue weighted by molar-refractivity contribution is 5.69. The molecule has 0 aromatic rings. The van der Waals surface area contributed by atoms with Gasteiger partial charge in [0.2, 0.25) is 0 Å². The van der Waals surface area contributed by atoms with E-state index >= 15 is 0 Å². The van der Waals surface area contributed by atoms with Gasteiger partial charge in [-0.2, -0.15) is 5.26 Å². The minimum Gasteiger partial charge on any atom is -0.466 e. The average molecular weight is 427 g/mol. The van der Waals surface area contributed by atoms with Crippen LogP contribution in [0.4, 0.5) is 4.79 Å². The van der Waals surface area contributed by atoms with Crippen molar-refractivity contribution in [3.63, 3.8) is 0 Å². The molecule has 0 unspecified atom stereocenters. The van der Waals surface area contributed by atoms with Crippen LogP contribution in [0.25, 0.3) is 0 Å². The molecule has 0 spiro atoms. The van der Waals surface area contributed by atoms with Gasteiger partial charge in [0.25, 0.3) is 6.26 Å². The topological polar surface area (TPSA) is 97.7 Å². The van der Waals surface area contributed by atoms with Crippen molar-refractivity contribution >= 4 is 12.1 Å². The fourth-order valence-electron chi connectivity index (χ4n) is 2.97. The van der Waals surface area contributed by atoms with Gasteiger partial charge in [0.15, 0.2) is 0 Å². The summed E-state index contributed by atoms with van der Waals surface area (Å²) >= 11 is 0. The van der Waals surface area contributed by atoms with E-state index in [9.17, 15) is 9.59 Å². The molecule has 7 heteroatoms. The monoisotopic (exact) mass is 426 g/mol. The Labute approximate surface area is 182 Å². The van der Waals surface area contributed by atoms with Crippen LogP contribution in [0.15, 0.2) is 0 Å². The van der Waals surface area contributed by atoms with Crippen LogP contribution in [0, 0.1) is 11.5 Å². The third kappa shape index (κ3) is 22.3. The molecule has 0 rings (SSSR count). The van der Waals surface area contributed by atoms with E-state index in [2.05, 4.69) is 17.0 Å². The zero-order valence-corrected chi connectivity index (χ0v) is 18.9. The number of carbonyl (C=O) groups is 2. The molecule has 0 aliphatic heterocycles. The van der Waals surface area contributed by atoms with Crippen LogP contribution < -0.4 is 5.32 Å². The lowest BCUT2D eigenvalue weighted by atomic mass is 10.1. The van der Waals surface area contributed by atoms with Crippen molar-refractivity contribution in [3.8, 4) is 6.26 Å². The van der Waals surface area contributed by atoms with E-state index in [1.165, 1.54) is 19.3 Å². The van der Waals surface area contributed by atoms with E-state index in [0.29, 0.717) is 32.8 Å². The Kier molecular flexibility index (Phi) is 21.8. The summed E-state index contributed by atoms with van der Waals surface area (Å²) in [6.07, 6.45) is 16.0. The van der Waals surface area contributed by atoms with Crippen molar-refractivity contribution < 1.29 is 23.8 Å². The van der Waals surface area contributed by atoms with Crippen LogP contribution in [0.5, 0.6) is 0 Å². The molecule has 0 aromatic heterocycles. The molecule has 0 saturated heterocycles. The first-order valence-electron chi connectivity index (χ1n) is 11.8. The first-order chi connectivity index (χ1) is 14.7. The van der Waals surface area contributed by atoms with Crippen molar-refractivity contribution in [1.82, 2.24) is 5.32 Å². The van der Waals surface area contributed by atoms with Crippen molar-refractivity contribution in [2.45, 2.75) is 103 Å². The normalized spacial score (nSPS) is 10.3. The molecule has 30 heavy (non-hydrogen) atoms. The van der Waals surface area contributed by atoms with Gasteiger partial charge in [-0.3, -0.25) is 4.79 Å². The molecule has 0 aromatic carbocycles. The number of rotatable bonds is 21. The van der Waals surface area contributed by atoms with Crippen LogP contribution >= 0.6 is 0 Å². The Morgan fingerprint density at radius 3 is 2.00 bits per heavy atom. The maximum Gasteiger partial charge on any atom is 0.407 e. The van der Waals surface area contributed by atoms with Gasteiger partial charge in [0, 0.05) is 13.0 Å². The molecule has 0 radical (unpaired) electrons. The van der Waals surface area contributed by atoms with Gasteiger partial charge < -0.3 is 19.5 Å². The average Bonchev–Trinajstić information content (AvgIpc) is 2.74. The Balaban J connectivity index is 3.26. The van der Waals surface area contributed by atoms with Gasteiger partial charge in [0.05, 0.1) is 13.2 Å². The summed E-state index contributed by atoms with van der Waals surface area (Å²) in [5, 5.41) is 11.0. The van der Waals surface area contributed by atoms with E-state index in [-0.39, 0.29) is 12.1 Å². The van der Waals surface area contributed by atoms with Gasteiger partial charge >= 0.3 is 12.1 Å². The number of esters is 1. The Bertz CT molecular complexity index is 451. The van der Waals surface area contributed by atoms with Crippen LogP contribution in [0.1, 0.15) is 103 Å². The predicted molar refractivity (Wildman–Crippen MR) is 117 cm³/mol. The smallest absolute Gasteiger partial charge is 0.407 e. The SMILES string of the molecule is CCCCCCCNC(=O)OCCCCCCOC(=O)CCCCCCCOC#N. The number of amides is 1. The first kappa shape index (κ1) is 28.0. The number of nitrogens with one attached hydrogen (secondary N) is 1. The van der Waals surface area contributed by atoms with Crippen LogP contribution in [0.2, 0.25) is 0 Å². The Morgan fingerprint density at radius 1 is 0.733 bits per heavy atom. The maximum absolute atomic E-state index is 11.6. The van der Waals surface area contributed by atoms with Crippen molar-refractivity contribution in [2.24, 2.45) is 0 Å². The lowest BCUT2D eigenvalue weighted by molar-refractivity contribution is -0.143.